The highest BCUT2D eigenvalue weighted by Crippen LogP contribution is 2.33. The summed E-state index contributed by atoms with van der Waals surface area (Å²) >= 11 is 0. The molecule has 0 radical (unpaired) electrons. The van der Waals surface area contributed by atoms with Gasteiger partial charge in [-0.1, -0.05) is 62.4 Å². The van der Waals surface area contributed by atoms with E-state index < -0.39 is 34.4 Å². The van der Waals surface area contributed by atoms with Crippen LogP contribution in [0.2, 0.25) is 0 Å². The molecule has 2 aromatic carbocycles. The van der Waals surface area contributed by atoms with E-state index in [4.69, 9.17) is 14.2 Å². The van der Waals surface area contributed by atoms with Crippen molar-refractivity contribution in [3.8, 4) is 0 Å². The number of alkyl carbamates (subject to hydrolysis) is 1. The minimum Gasteiger partial charge on any atom is -0.443 e. The van der Waals surface area contributed by atoms with E-state index in [1.165, 1.54) is 16.4 Å². The Labute approximate surface area is 218 Å². The third kappa shape index (κ3) is 7.08. The number of hydrogen-bond donors (Lipinski definition) is 2. The molecule has 4 rings (SSSR count). The molecule has 2 saturated heterocycles. The first-order valence-corrected chi connectivity index (χ1v) is 14.2. The second-order valence-electron chi connectivity index (χ2n) is 10.0. The lowest BCUT2D eigenvalue weighted by molar-refractivity contribution is -0.0907. The number of carbonyl (C=O) groups is 1. The summed E-state index contributed by atoms with van der Waals surface area (Å²) in [6.07, 6.45) is -1.60. The number of aliphatic hydroxyl groups is 1. The fourth-order valence-electron chi connectivity index (χ4n) is 4.78. The van der Waals surface area contributed by atoms with Crippen LogP contribution in [-0.2, 0) is 30.7 Å². The van der Waals surface area contributed by atoms with Gasteiger partial charge in [0.25, 0.3) is 0 Å². The first-order chi connectivity index (χ1) is 17.7. The topological polar surface area (TPSA) is 114 Å². The lowest BCUT2D eigenvalue weighted by Crippen LogP contribution is -2.51. The second kappa shape index (κ2) is 12.4. The molecule has 37 heavy (non-hydrogen) atoms. The number of nitrogens with one attached hydrogen (secondary N) is 1. The molecule has 0 bridgehead atoms. The van der Waals surface area contributed by atoms with Gasteiger partial charge < -0.3 is 24.6 Å². The van der Waals surface area contributed by atoms with E-state index in [0.29, 0.717) is 13.0 Å². The summed E-state index contributed by atoms with van der Waals surface area (Å²) in [5.74, 6) is 0.0147. The average molecular weight is 533 g/mol. The number of benzene rings is 2. The lowest BCUT2D eigenvalue weighted by atomic mass is 10.0. The minimum atomic E-state index is -3.86. The van der Waals surface area contributed by atoms with Crippen LogP contribution < -0.4 is 5.32 Å². The average Bonchev–Trinajstić information content (AvgIpc) is 3.49. The van der Waals surface area contributed by atoms with Crippen molar-refractivity contribution in [2.24, 2.45) is 11.8 Å². The van der Waals surface area contributed by atoms with E-state index in [9.17, 15) is 18.3 Å². The van der Waals surface area contributed by atoms with Gasteiger partial charge in [-0.25, -0.2) is 13.2 Å². The van der Waals surface area contributed by atoms with Crippen LogP contribution >= 0.6 is 0 Å². The lowest BCUT2D eigenvalue weighted by Gasteiger charge is -2.31. The zero-order valence-electron chi connectivity index (χ0n) is 21.2. The van der Waals surface area contributed by atoms with E-state index in [1.807, 2.05) is 44.2 Å². The molecule has 0 saturated carbocycles. The Balaban J connectivity index is 1.50. The van der Waals surface area contributed by atoms with Crippen LogP contribution in [0.4, 0.5) is 4.79 Å². The summed E-state index contributed by atoms with van der Waals surface area (Å²) in [6, 6.07) is 16.8. The monoisotopic (exact) mass is 532 g/mol. The zero-order valence-corrected chi connectivity index (χ0v) is 22.0. The van der Waals surface area contributed by atoms with Crippen molar-refractivity contribution in [1.29, 1.82) is 0 Å². The highest BCUT2D eigenvalue weighted by molar-refractivity contribution is 7.89. The van der Waals surface area contributed by atoms with Gasteiger partial charge in [0.2, 0.25) is 10.0 Å². The van der Waals surface area contributed by atoms with Crippen molar-refractivity contribution in [3.05, 3.63) is 66.2 Å². The molecular weight excluding hydrogens is 496 g/mol. The highest BCUT2D eigenvalue weighted by Gasteiger charge is 2.44. The van der Waals surface area contributed by atoms with Gasteiger partial charge in [0, 0.05) is 13.1 Å². The first kappa shape index (κ1) is 27.5. The molecule has 0 spiro atoms. The number of aliphatic hydroxyl groups excluding tert-OH is 1. The van der Waals surface area contributed by atoms with Gasteiger partial charge in [-0.15, -0.1) is 0 Å². The maximum absolute atomic E-state index is 13.4. The van der Waals surface area contributed by atoms with Crippen LogP contribution in [0, 0.1) is 11.8 Å². The Kier molecular flexibility index (Phi) is 9.20. The van der Waals surface area contributed by atoms with E-state index in [1.54, 1.807) is 18.2 Å². The van der Waals surface area contributed by atoms with E-state index in [-0.39, 0.29) is 42.7 Å². The molecule has 2 aliphatic rings. The number of amides is 1. The molecule has 0 aliphatic carbocycles. The predicted octanol–water partition coefficient (Wildman–Crippen LogP) is 2.79. The van der Waals surface area contributed by atoms with Gasteiger partial charge in [0.1, 0.15) is 6.10 Å². The summed E-state index contributed by atoms with van der Waals surface area (Å²) in [5, 5.41) is 14.1. The number of ether oxygens (including phenoxy) is 3. The predicted molar refractivity (Wildman–Crippen MR) is 137 cm³/mol. The SMILES string of the molecule is CC(C)CN(C[C@@H](O)[C@H](Cc1ccccc1)NC(=O)OC1CO[C@H]2OCCC12)S(=O)(=O)c1ccccc1. The zero-order chi connectivity index (χ0) is 26.4. The largest absolute Gasteiger partial charge is 0.443 e. The van der Waals surface area contributed by atoms with Gasteiger partial charge in [-0.2, -0.15) is 4.31 Å². The molecule has 2 aliphatic heterocycles. The number of sulfonamides is 1. The molecule has 5 atom stereocenters. The summed E-state index contributed by atoms with van der Waals surface area (Å²) in [6.45, 7) is 4.69. The van der Waals surface area contributed by atoms with Crippen molar-refractivity contribution < 1.29 is 32.5 Å². The van der Waals surface area contributed by atoms with Gasteiger partial charge in [0.15, 0.2) is 6.29 Å². The van der Waals surface area contributed by atoms with Crippen molar-refractivity contribution in [3.63, 3.8) is 0 Å². The number of fused-ring (bicyclic) bond motifs is 1. The molecule has 2 heterocycles. The van der Waals surface area contributed by atoms with Gasteiger partial charge in [0.05, 0.1) is 36.2 Å². The molecule has 2 unspecified atom stereocenters. The van der Waals surface area contributed by atoms with Crippen LogP contribution in [0.25, 0.3) is 0 Å². The van der Waals surface area contributed by atoms with E-state index >= 15 is 0 Å². The minimum absolute atomic E-state index is 0.0132. The fourth-order valence-corrected chi connectivity index (χ4v) is 6.42. The molecule has 2 fully saturated rings. The number of rotatable bonds is 11. The molecule has 0 aromatic heterocycles. The smallest absolute Gasteiger partial charge is 0.407 e. The normalized spacial score (nSPS) is 23.1. The molecule has 1 amide bonds. The quantitative estimate of drug-likeness (QED) is 0.457. The summed E-state index contributed by atoms with van der Waals surface area (Å²) < 4.78 is 44.8. The highest BCUT2D eigenvalue weighted by atomic mass is 32.2. The Morgan fingerprint density at radius 2 is 1.76 bits per heavy atom. The van der Waals surface area contributed by atoms with Gasteiger partial charge in [-0.05, 0) is 36.5 Å². The second-order valence-corrected chi connectivity index (χ2v) is 11.9. The number of hydrogen-bond acceptors (Lipinski definition) is 7. The Morgan fingerprint density at radius 1 is 1.08 bits per heavy atom. The van der Waals surface area contributed by atoms with Crippen LogP contribution in [-0.4, -0.2) is 74.8 Å². The van der Waals surface area contributed by atoms with Crippen LogP contribution in [0.15, 0.2) is 65.6 Å². The van der Waals surface area contributed by atoms with Crippen molar-refractivity contribution in [2.45, 2.75) is 56.1 Å². The van der Waals surface area contributed by atoms with Gasteiger partial charge >= 0.3 is 6.09 Å². The Hall–Kier alpha value is -2.50. The van der Waals surface area contributed by atoms with E-state index in [0.717, 1.165) is 12.0 Å². The maximum Gasteiger partial charge on any atom is 0.407 e. The molecule has 2 aromatic rings. The Morgan fingerprint density at radius 3 is 2.43 bits per heavy atom. The van der Waals surface area contributed by atoms with Crippen LogP contribution in [0.5, 0.6) is 0 Å². The van der Waals surface area contributed by atoms with Gasteiger partial charge in [-0.3, -0.25) is 0 Å². The number of nitrogens with zero attached hydrogens (tertiary/aromatic N) is 1. The molecular formula is C27H36N2O7S. The standard InChI is InChI=1S/C27H36N2O7S/c1-19(2)16-29(37(32,33)21-11-7-4-8-12-21)17-24(30)23(15-20-9-5-3-6-10-20)28-27(31)36-25-18-35-26-22(25)13-14-34-26/h3-12,19,22-26,30H,13-18H2,1-2H3,(H,28,31)/t22?,23-,24+,25?,26+/m0/s1. The molecule has 2 N–H and O–H groups in total. The third-order valence-electron chi connectivity index (χ3n) is 6.65. The first-order valence-electron chi connectivity index (χ1n) is 12.7. The van der Waals surface area contributed by atoms with Crippen molar-refractivity contribution in [2.75, 3.05) is 26.3 Å². The summed E-state index contributed by atoms with van der Waals surface area (Å²) in [7, 11) is -3.86. The van der Waals surface area contributed by atoms with Crippen LogP contribution in [0.3, 0.4) is 0 Å². The number of carbonyl (C=O) groups excluding carboxylic acids is 1. The summed E-state index contributed by atoms with van der Waals surface area (Å²) in [4.78, 5) is 13.1. The third-order valence-corrected chi connectivity index (χ3v) is 8.50. The van der Waals surface area contributed by atoms with Crippen LogP contribution in [0.1, 0.15) is 25.8 Å². The maximum atomic E-state index is 13.4. The van der Waals surface area contributed by atoms with Crippen molar-refractivity contribution in [1.82, 2.24) is 9.62 Å². The summed E-state index contributed by atoms with van der Waals surface area (Å²) in [5.41, 5.74) is 0.890. The van der Waals surface area contributed by atoms with E-state index in [2.05, 4.69) is 5.32 Å². The molecule has 9 nitrogen and oxygen atoms in total. The molecule has 10 heteroatoms. The fraction of sp³-hybridized carbons (Fsp3) is 0.519. The Bertz CT molecular complexity index is 1110. The molecule has 202 valence electrons. The van der Waals surface area contributed by atoms with Crippen molar-refractivity contribution >= 4 is 16.1 Å².